The van der Waals surface area contributed by atoms with Crippen LogP contribution in [0.25, 0.3) is 0 Å². The van der Waals surface area contributed by atoms with E-state index in [9.17, 15) is 0 Å². The first-order chi connectivity index (χ1) is 10.2. The monoisotopic (exact) mass is 302 g/mol. The molecule has 0 saturated heterocycles. The van der Waals surface area contributed by atoms with E-state index in [4.69, 9.17) is 11.6 Å². The molecule has 2 N–H and O–H groups in total. The fourth-order valence-electron chi connectivity index (χ4n) is 2.56. The molecule has 0 bridgehead atoms. The van der Waals surface area contributed by atoms with Crippen molar-refractivity contribution in [3.8, 4) is 0 Å². The van der Waals surface area contributed by atoms with Gasteiger partial charge in [0.25, 0.3) is 0 Å². The van der Waals surface area contributed by atoms with Crippen molar-refractivity contribution in [3.05, 3.63) is 58.1 Å². The Morgan fingerprint density at radius 3 is 2.10 bits per heavy atom. The Balaban J connectivity index is 2.09. The fraction of sp³-hybridized carbons (Fsp3) is 0.333. The maximum atomic E-state index is 6.29. The molecule has 2 aromatic rings. The van der Waals surface area contributed by atoms with E-state index in [1.54, 1.807) is 0 Å². The highest BCUT2D eigenvalue weighted by Crippen LogP contribution is 2.26. The summed E-state index contributed by atoms with van der Waals surface area (Å²) in [6.07, 6.45) is 1.99. The van der Waals surface area contributed by atoms with Crippen LogP contribution in [0, 0.1) is 6.92 Å². The maximum absolute atomic E-state index is 6.29. The fourth-order valence-corrected chi connectivity index (χ4v) is 2.82. The lowest BCUT2D eigenvalue weighted by molar-refractivity contribution is 1.09. The summed E-state index contributed by atoms with van der Waals surface area (Å²) in [5, 5.41) is 7.68. The molecule has 0 heterocycles. The normalized spacial score (nSPS) is 10.5. The van der Waals surface area contributed by atoms with Crippen LogP contribution >= 0.6 is 11.6 Å². The molecule has 0 fully saturated rings. The summed E-state index contributed by atoms with van der Waals surface area (Å²) in [5.74, 6) is 0. The van der Waals surface area contributed by atoms with Gasteiger partial charge in [-0.25, -0.2) is 0 Å². The standard InChI is InChI=1S/C18H23ClN2/c1-4-14-9-6-8-13(3)17(14)20-12-21-18-15(5-2)10-7-11-16(18)19/h6-11,20-21H,4-5,12H2,1-3H3. The number of para-hydroxylation sites is 2. The minimum Gasteiger partial charge on any atom is -0.368 e. The van der Waals surface area contributed by atoms with Gasteiger partial charge in [-0.2, -0.15) is 0 Å². The van der Waals surface area contributed by atoms with Gasteiger partial charge in [0.1, 0.15) is 0 Å². The van der Waals surface area contributed by atoms with Crippen molar-refractivity contribution in [3.63, 3.8) is 0 Å². The SMILES string of the molecule is CCc1cccc(C)c1NCNc1c(Cl)cccc1CC. The number of aryl methyl sites for hydroxylation is 3. The summed E-state index contributed by atoms with van der Waals surface area (Å²) >= 11 is 6.29. The van der Waals surface area contributed by atoms with E-state index < -0.39 is 0 Å². The lowest BCUT2D eigenvalue weighted by Gasteiger charge is -2.17. The zero-order valence-corrected chi connectivity index (χ0v) is 13.7. The predicted molar refractivity (Wildman–Crippen MR) is 93.5 cm³/mol. The number of hydrogen-bond acceptors (Lipinski definition) is 2. The van der Waals surface area contributed by atoms with Crippen molar-refractivity contribution in [1.29, 1.82) is 0 Å². The molecule has 0 amide bonds. The Morgan fingerprint density at radius 2 is 1.43 bits per heavy atom. The number of hydrogen-bond donors (Lipinski definition) is 2. The smallest absolute Gasteiger partial charge is 0.0850 e. The Bertz CT molecular complexity index is 555. The molecule has 2 rings (SSSR count). The molecular formula is C18H23ClN2. The minimum absolute atomic E-state index is 0.661. The number of benzene rings is 2. The summed E-state index contributed by atoms with van der Waals surface area (Å²) < 4.78 is 0. The third kappa shape index (κ3) is 3.70. The highest BCUT2D eigenvalue weighted by atomic mass is 35.5. The third-order valence-corrected chi connectivity index (χ3v) is 4.07. The first-order valence-corrected chi connectivity index (χ1v) is 7.88. The number of rotatable bonds is 6. The average Bonchev–Trinajstić information content (AvgIpc) is 2.50. The van der Waals surface area contributed by atoms with Gasteiger partial charge in [0.05, 0.1) is 17.4 Å². The quantitative estimate of drug-likeness (QED) is 0.712. The molecule has 0 aliphatic carbocycles. The van der Waals surface area contributed by atoms with Crippen LogP contribution in [0.3, 0.4) is 0 Å². The molecule has 0 aliphatic heterocycles. The topological polar surface area (TPSA) is 24.1 Å². The van der Waals surface area contributed by atoms with E-state index in [2.05, 4.69) is 55.7 Å². The lowest BCUT2D eigenvalue weighted by Crippen LogP contribution is -2.15. The van der Waals surface area contributed by atoms with Crippen LogP contribution < -0.4 is 10.6 Å². The molecule has 0 aliphatic rings. The van der Waals surface area contributed by atoms with Gasteiger partial charge in [-0.1, -0.05) is 55.8 Å². The van der Waals surface area contributed by atoms with E-state index in [1.165, 1.54) is 22.4 Å². The van der Waals surface area contributed by atoms with Crippen molar-refractivity contribution in [2.45, 2.75) is 33.6 Å². The Kier molecular flexibility index (Phi) is 5.51. The van der Waals surface area contributed by atoms with Crippen LogP contribution in [0.4, 0.5) is 11.4 Å². The van der Waals surface area contributed by atoms with E-state index in [0.29, 0.717) is 6.67 Å². The van der Waals surface area contributed by atoms with Gasteiger partial charge in [0.2, 0.25) is 0 Å². The second-order valence-electron chi connectivity index (χ2n) is 5.12. The van der Waals surface area contributed by atoms with Crippen molar-refractivity contribution >= 4 is 23.0 Å². The molecule has 0 atom stereocenters. The number of anilines is 2. The predicted octanol–water partition coefficient (Wildman–Crippen LogP) is 5.25. The van der Waals surface area contributed by atoms with Crippen LogP contribution in [0.2, 0.25) is 5.02 Å². The molecule has 0 radical (unpaired) electrons. The lowest BCUT2D eigenvalue weighted by atomic mass is 10.1. The number of halogens is 1. The molecular weight excluding hydrogens is 280 g/mol. The van der Waals surface area contributed by atoms with Gasteiger partial charge >= 0.3 is 0 Å². The summed E-state index contributed by atoms with van der Waals surface area (Å²) in [6.45, 7) is 7.11. The van der Waals surface area contributed by atoms with Gasteiger partial charge in [0, 0.05) is 5.69 Å². The maximum Gasteiger partial charge on any atom is 0.0850 e. The van der Waals surface area contributed by atoms with E-state index in [-0.39, 0.29) is 0 Å². The van der Waals surface area contributed by atoms with E-state index in [0.717, 1.165) is 23.6 Å². The van der Waals surface area contributed by atoms with Crippen LogP contribution in [0.5, 0.6) is 0 Å². The molecule has 112 valence electrons. The summed E-state index contributed by atoms with van der Waals surface area (Å²) in [7, 11) is 0. The van der Waals surface area contributed by atoms with Crippen LogP contribution in [0.15, 0.2) is 36.4 Å². The number of nitrogens with one attached hydrogen (secondary N) is 2. The van der Waals surface area contributed by atoms with E-state index >= 15 is 0 Å². The molecule has 21 heavy (non-hydrogen) atoms. The second-order valence-corrected chi connectivity index (χ2v) is 5.53. The largest absolute Gasteiger partial charge is 0.368 e. The highest BCUT2D eigenvalue weighted by Gasteiger charge is 2.06. The Morgan fingerprint density at radius 1 is 0.857 bits per heavy atom. The Labute approximate surface area is 132 Å². The van der Waals surface area contributed by atoms with Crippen LogP contribution in [-0.2, 0) is 12.8 Å². The zero-order chi connectivity index (χ0) is 15.2. The zero-order valence-electron chi connectivity index (χ0n) is 13.0. The molecule has 0 aromatic heterocycles. The second kappa shape index (κ2) is 7.37. The van der Waals surface area contributed by atoms with Crippen LogP contribution in [0.1, 0.15) is 30.5 Å². The average molecular weight is 303 g/mol. The summed E-state index contributed by atoms with van der Waals surface area (Å²) in [6, 6.07) is 12.4. The van der Waals surface area contributed by atoms with Crippen molar-refractivity contribution < 1.29 is 0 Å². The third-order valence-electron chi connectivity index (χ3n) is 3.75. The molecule has 2 aromatic carbocycles. The van der Waals surface area contributed by atoms with Crippen molar-refractivity contribution in [2.24, 2.45) is 0 Å². The first kappa shape index (κ1) is 15.7. The summed E-state index contributed by atoms with van der Waals surface area (Å²) in [5.41, 5.74) is 6.10. The molecule has 0 saturated carbocycles. The highest BCUT2D eigenvalue weighted by molar-refractivity contribution is 6.33. The van der Waals surface area contributed by atoms with Crippen molar-refractivity contribution in [1.82, 2.24) is 0 Å². The Hall–Kier alpha value is -1.67. The van der Waals surface area contributed by atoms with Gasteiger partial charge in [-0.3, -0.25) is 0 Å². The molecule has 0 spiro atoms. The van der Waals surface area contributed by atoms with E-state index in [1.807, 2.05) is 12.1 Å². The first-order valence-electron chi connectivity index (χ1n) is 7.51. The van der Waals surface area contributed by atoms with Gasteiger partial charge < -0.3 is 10.6 Å². The van der Waals surface area contributed by atoms with Crippen LogP contribution in [-0.4, -0.2) is 6.67 Å². The summed E-state index contributed by atoms with van der Waals surface area (Å²) in [4.78, 5) is 0. The van der Waals surface area contributed by atoms with Crippen molar-refractivity contribution in [2.75, 3.05) is 17.3 Å². The van der Waals surface area contributed by atoms with Gasteiger partial charge in [-0.15, -0.1) is 0 Å². The molecule has 0 unspecified atom stereocenters. The molecule has 3 heteroatoms. The van der Waals surface area contributed by atoms with Gasteiger partial charge in [-0.05, 0) is 42.5 Å². The van der Waals surface area contributed by atoms with Gasteiger partial charge in [0.15, 0.2) is 0 Å². The molecule has 2 nitrogen and oxygen atoms in total. The minimum atomic E-state index is 0.661.